The predicted molar refractivity (Wildman–Crippen MR) is 132 cm³/mol. The molecule has 0 unspecified atom stereocenters. The SMILES string of the molecule is COc1ccc(CN2CCN(C(=O)c3ccc(CSc4ccccc4)o3)CC2)c(OC)c1OC. The van der Waals surface area contributed by atoms with Crippen molar-refractivity contribution < 1.29 is 23.4 Å². The van der Waals surface area contributed by atoms with Crippen LogP contribution in [0.2, 0.25) is 0 Å². The Balaban J connectivity index is 1.32. The summed E-state index contributed by atoms with van der Waals surface area (Å²) in [6.45, 7) is 3.51. The molecule has 0 aliphatic carbocycles. The minimum atomic E-state index is -0.0562. The first kappa shape index (κ1) is 24.0. The Bertz CT molecular complexity index is 1090. The van der Waals surface area contributed by atoms with Crippen molar-refractivity contribution in [1.82, 2.24) is 9.80 Å². The number of furan rings is 1. The molecule has 3 aromatic rings. The van der Waals surface area contributed by atoms with E-state index < -0.39 is 0 Å². The Kier molecular flexibility index (Phi) is 8.03. The van der Waals surface area contributed by atoms with Gasteiger partial charge in [0.05, 0.1) is 27.1 Å². The quantitative estimate of drug-likeness (QED) is 0.415. The molecule has 180 valence electrons. The van der Waals surface area contributed by atoms with Crippen LogP contribution in [0.3, 0.4) is 0 Å². The van der Waals surface area contributed by atoms with Crippen molar-refractivity contribution in [3.63, 3.8) is 0 Å². The topological polar surface area (TPSA) is 64.4 Å². The zero-order chi connectivity index (χ0) is 23.9. The average Bonchev–Trinajstić information content (AvgIpc) is 3.37. The Hall–Kier alpha value is -3.10. The van der Waals surface area contributed by atoms with Crippen LogP contribution in [-0.4, -0.2) is 63.2 Å². The van der Waals surface area contributed by atoms with Crippen molar-refractivity contribution >= 4 is 17.7 Å². The summed E-state index contributed by atoms with van der Waals surface area (Å²) in [4.78, 5) is 18.3. The van der Waals surface area contributed by atoms with Crippen LogP contribution < -0.4 is 14.2 Å². The molecule has 1 fully saturated rings. The molecule has 0 spiro atoms. The summed E-state index contributed by atoms with van der Waals surface area (Å²) in [6, 6.07) is 17.7. The first-order chi connectivity index (χ1) is 16.6. The summed E-state index contributed by atoms with van der Waals surface area (Å²) in [5, 5.41) is 0. The minimum Gasteiger partial charge on any atom is -0.493 e. The van der Waals surface area contributed by atoms with Gasteiger partial charge in [0.15, 0.2) is 17.3 Å². The number of piperazine rings is 1. The van der Waals surface area contributed by atoms with Crippen LogP contribution >= 0.6 is 11.8 Å². The van der Waals surface area contributed by atoms with Crippen LogP contribution in [0, 0.1) is 0 Å². The van der Waals surface area contributed by atoms with E-state index in [1.807, 2.05) is 41.3 Å². The molecule has 4 rings (SSSR count). The zero-order valence-corrected chi connectivity index (χ0v) is 20.6. The number of methoxy groups -OCH3 is 3. The lowest BCUT2D eigenvalue weighted by Crippen LogP contribution is -2.48. The number of hydrogen-bond donors (Lipinski definition) is 0. The molecule has 2 aromatic carbocycles. The Morgan fingerprint density at radius 2 is 1.62 bits per heavy atom. The number of ether oxygens (including phenoxy) is 3. The maximum atomic E-state index is 13.0. The molecular formula is C26H30N2O5S. The highest BCUT2D eigenvalue weighted by atomic mass is 32.2. The maximum Gasteiger partial charge on any atom is 0.289 e. The molecule has 34 heavy (non-hydrogen) atoms. The molecule has 1 aliphatic rings. The molecule has 0 atom stereocenters. The smallest absolute Gasteiger partial charge is 0.289 e. The van der Waals surface area contributed by atoms with Gasteiger partial charge in [-0.1, -0.05) is 24.3 Å². The third-order valence-corrected chi connectivity index (χ3v) is 6.87. The Labute approximate surface area is 204 Å². The van der Waals surface area contributed by atoms with Gasteiger partial charge >= 0.3 is 0 Å². The average molecular weight is 483 g/mol. The van der Waals surface area contributed by atoms with Gasteiger partial charge in [0, 0.05) is 43.2 Å². The second kappa shape index (κ2) is 11.4. The van der Waals surface area contributed by atoms with Crippen molar-refractivity contribution in [3.8, 4) is 17.2 Å². The highest BCUT2D eigenvalue weighted by Gasteiger charge is 2.25. The number of hydrogen-bond acceptors (Lipinski definition) is 7. The van der Waals surface area contributed by atoms with Gasteiger partial charge in [-0.15, -0.1) is 11.8 Å². The molecule has 1 saturated heterocycles. The molecule has 0 saturated carbocycles. The van der Waals surface area contributed by atoms with Crippen LogP contribution in [0.1, 0.15) is 21.9 Å². The number of nitrogens with zero attached hydrogens (tertiary/aromatic N) is 2. The summed E-state index contributed by atoms with van der Waals surface area (Å²) in [7, 11) is 4.85. The normalized spacial score (nSPS) is 14.1. The molecule has 7 nitrogen and oxygen atoms in total. The summed E-state index contributed by atoms with van der Waals surface area (Å²) in [5.74, 6) is 3.75. The number of benzene rings is 2. The fourth-order valence-corrected chi connectivity index (χ4v) is 4.85. The van der Waals surface area contributed by atoms with E-state index >= 15 is 0 Å². The van der Waals surface area contributed by atoms with E-state index in [0.29, 0.717) is 48.4 Å². The van der Waals surface area contributed by atoms with Gasteiger partial charge in [-0.25, -0.2) is 0 Å². The summed E-state index contributed by atoms with van der Waals surface area (Å²) in [6.07, 6.45) is 0. The van der Waals surface area contributed by atoms with E-state index in [9.17, 15) is 4.79 Å². The van der Waals surface area contributed by atoms with E-state index in [0.717, 1.165) is 24.4 Å². The summed E-state index contributed by atoms with van der Waals surface area (Å²) >= 11 is 1.69. The van der Waals surface area contributed by atoms with Crippen LogP contribution in [0.5, 0.6) is 17.2 Å². The Morgan fingerprint density at radius 3 is 2.29 bits per heavy atom. The zero-order valence-electron chi connectivity index (χ0n) is 19.8. The van der Waals surface area contributed by atoms with Crippen LogP contribution in [0.25, 0.3) is 0 Å². The minimum absolute atomic E-state index is 0.0562. The molecule has 0 bridgehead atoms. The van der Waals surface area contributed by atoms with E-state index in [-0.39, 0.29) is 5.91 Å². The van der Waals surface area contributed by atoms with Crippen LogP contribution in [0.4, 0.5) is 0 Å². The van der Waals surface area contributed by atoms with Crippen molar-refractivity contribution in [3.05, 3.63) is 71.7 Å². The second-order valence-electron chi connectivity index (χ2n) is 7.93. The molecule has 2 heterocycles. The molecule has 1 aromatic heterocycles. The third kappa shape index (κ3) is 5.51. The van der Waals surface area contributed by atoms with Crippen LogP contribution in [0.15, 0.2) is 63.9 Å². The Morgan fingerprint density at radius 1 is 0.882 bits per heavy atom. The fraction of sp³-hybridized carbons (Fsp3) is 0.346. The van der Waals surface area contributed by atoms with Gasteiger partial charge in [0.2, 0.25) is 5.75 Å². The number of rotatable bonds is 9. The third-order valence-electron chi connectivity index (χ3n) is 5.84. The van der Waals surface area contributed by atoms with E-state index in [4.69, 9.17) is 18.6 Å². The van der Waals surface area contributed by atoms with Gasteiger partial charge in [0.25, 0.3) is 5.91 Å². The molecule has 1 amide bonds. The van der Waals surface area contributed by atoms with Gasteiger partial charge in [-0.3, -0.25) is 9.69 Å². The van der Waals surface area contributed by atoms with E-state index in [2.05, 4.69) is 17.0 Å². The van der Waals surface area contributed by atoms with Gasteiger partial charge in [-0.05, 0) is 30.3 Å². The predicted octanol–water partition coefficient (Wildman–Crippen LogP) is 4.56. The first-order valence-corrected chi connectivity index (χ1v) is 12.2. The number of carbonyl (C=O) groups is 1. The molecule has 1 aliphatic heterocycles. The highest BCUT2D eigenvalue weighted by molar-refractivity contribution is 7.98. The maximum absolute atomic E-state index is 13.0. The largest absolute Gasteiger partial charge is 0.493 e. The van der Waals surface area contributed by atoms with Gasteiger partial charge in [-0.2, -0.15) is 0 Å². The van der Waals surface area contributed by atoms with Crippen molar-refractivity contribution in [1.29, 1.82) is 0 Å². The monoisotopic (exact) mass is 482 g/mol. The first-order valence-electron chi connectivity index (χ1n) is 11.2. The molecule has 0 radical (unpaired) electrons. The van der Waals surface area contributed by atoms with E-state index in [1.165, 1.54) is 4.90 Å². The lowest BCUT2D eigenvalue weighted by molar-refractivity contribution is 0.0595. The van der Waals surface area contributed by atoms with Crippen molar-refractivity contribution in [2.75, 3.05) is 47.5 Å². The standard InChI is InChI=1S/C26H30N2O5S/c1-30-22-11-9-19(24(31-2)25(22)32-3)17-27-13-15-28(16-14-27)26(29)23-12-10-20(33-23)18-34-21-7-5-4-6-8-21/h4-12H,13-18H2,1-3H3. The van der Waals surface area contributed by atoms with Gasteiger partial charge < -0.3 is 23.5 Å². The van der Waals surface area contributed by atoms with Gasteiger partial charge in [0.1, 0.15) is 5.76 Å². The summed E-state index contributed by atoms with van der Waals surface area (Å²) < 4.78 is 22.3. The lowest BCUT2D eigenvalue weighted by atomic mass is 10.1. The number of thioether (sulfide) groups is 1. The van der Waals surface area contributed by atoms with Crippen LogP contribution in [-0.2, 0) is 12.3 Å². The number of amides is 1. The number of carbonyl (C=O) groups excluding carboxylic acids is 1. The molecular weight excluding hydrogens is 452 g/mol. The molecule has 8 heteroatoms. The van der Waals surface area contributed by atoms with Crippen molar-refractivity contribution in [2.45, 2.75) is 17.2 Å². The molecule has 0 N–H and O–H groups in total. The highest BCUT2D eigenvalue weighted by Crippen LogP contribution is 2.40. The second-order valence-corrected chi connectivity index (χ2v) is 8.98. The van der Waals surface area contributed by atoms with Crippen molar-refractivity contribution in [2.24, 2.45) is 0 Å². The fourth-order valence-electron chi connectivity index (χ4n) is 4.04. The summed E-state index contributed by atoms with van der Waals surface area (Å²) in [5.41, 5.74) is 1.02. The van der Waals surface area contributed by atoms with E-state index in [1.54, 1.807) is 39.2 Å². The lowest BCUT2D eigenvalue weighted by Gasteiger charge is -2.34.